The molecule has 1 fully saturated rings. The number of anilines is 1. The van der Waals surface area contributed by atoms with Gasteiger partial charge in [0.15, 0.2) is 5.78 Å². The van der Waals surface area contributed by atoms with Crippen LogP contribution in [-0.4, -0.2) is 16.7 Å². The van der Waals surface area contributed by atoms with E-state index in [9.17, 15) is 4.79 Å². The molecule has 0 unspecified atom stereocenters. The third-order valence-corrected chi connectivity index (χ3v) is 3.88. The molecule has 1 aromatic heterocycles. The first kappa shape index (κ1) is 11.6. The molecule has 1 aliphatic rings. The van der Waals surface area contributed by atoms with E-state index in [1.54, 1.807) is 6.92 Å². The van der Waals surface area contributed by atoms with E-state index in [1.807, 2.05) is 6.92 Å². The molecule has 0 aliphatic heterocycles. The normalized spacial score (nSPS) is 15.1. The van der Waals surface area contributed by atoms with Gasteiger partial charge in [0, 0.05) is 6.54 Å². The molecule has 88 valence electrons. The molecule has 0 atom stereocenters. The lowest BCUT2D eigenvalue weighted by atomic mass is 10.2. The first-order chi connectivity index (χ1) is 7.68. The van der Waals surface area contributed by atoms with Crippen LogP contribution in [0.25, 0.3) is 0 Å². The minimum Gasteiger partial charge on any atom is -0.375 e. The van der Waals surface area contributed by atoms with Crippen molar-refractivity contribution in [2.24, 2.45) is 5.92 Å². The summed E-state index contributed by atoms with van der Waals surface area (Å²) >= 11 is 1.40. The molecule has 2 rings (SSSR count). The largest absolute Gasteiger partial charge is 0.375 e. The van der Waals surface area contributed by atoms with Crippen LogP contribution in [0.4, 0.5) is 5.00 Å². The molecule has 0 bridgehead atoms. The van der Waals surface area contributed by atoms with E-state index in [4.69, 9.17) is 0 Å². The summed E-state index contributed by atoms with van der Waals surface area (Å²) in [5.74, 6) is 1.09. The van der Waals surface area contributed by atoms with Crippen LogP contribution in [0.5, 0.6) is 0 Å². The van der Waals surface area contributed by atoms with Gasteiger partial charge < -0.3 is 5.32 Å². The van der Waals surface area contributed by atoms with E-state index in [0.29, 0.717) is 0 Å². The van der Waals surface area contributed by atoms with Gasteiger partial charge in [-0.25, -0.2) is 0 Å². The maximum Gasteiger partial charge on any atom is 0.164 e. The summed E-state index contributed by atoms with van der Waals surface area (Å²) in [5.41, 5.74) is 1.62. The van der Waals surface area contributed by atoms with Crippen molar-refractivity contribution in [2.45, 2.75) is 39.5 Å². The summed E-state index contributed by atoms with van der Waals surface area (Å²) < 4.78 is 4.22. The minimum atomic E-state index is 0.107. The molecule has 0 aromatic carbocycles. The summed E-state index contributed by atoms with van der Waals surface area (Å²) in [6.45, 7) is 4.45. The first-order valence-electron chi connectivity index (χ1n) is 5.89. The van der Waals surface area contributed by atoms with E-state index >= 15 is 0 Å². The summed E-state index contributed by atoms with van der Waals surface area (Å²) in [6, 6.07) is 0. The summed E-state index contributed by atoms with van der Waals surface area (Å²) in [4.78, 5) is 11.4. The van der Waals surface area contributed by atoms with Crippen molar-refractivity contribution in [3.8, 4) is 0 Å². The molecule has 0 radical (unpaired) electrons. The highest BCUT2D eigenvalue weighted by atomic mass is 32.1. The minimum absolute atomic E-state index is 0.107. The van der Waals surface area contributed by atoms with Gasteiger partial charge in [-0.15, -0.1) is 0 Å². The Morgan fingerprint density at radius 1 is 1.56 bits per heavy atom. The zero-order valence-corrected chi connectivity index (χ0v) is 10.7. The van der Waals surface area contributed by atoms with Crippen LogP contribution < -0.4 is 5.32 Å². The fraction of sp³-hybridized carbons (Fsp3) is 0.667. The molecule has 1 saturated carbocycles. The Kier molecular flexibility index (Phi) is 3.59. The van der Waals surface area contributed by atoms with Crippen LogP contribution in [0.3, 0.4) is 0 Å². The Hall–Kier alpha value is -0.900. The van der Waals surface area contributed by atoms with Crippen molar-refractivity contribution in [3.63, 3.8) is 0 Å². The highest BCUT2D eigenvalue weighted by molar-refractivity contribution is 7.10. The number of hydrogen-bond acceptors (Lipinski definition) is 4. The first-order valence-corrected chi connectivity index (χ1v) is 6.67. The van der Waals surface area contributed by atoms with Gasteiger partial charge in [0.05, 0.1) is 11.3 Å². The number of hydrogen-bond donors (Lipinski definition) is 1. The quantitative estimate of drug-likeness (QED) is 0.611. The number of carbonyl (C=O) groups excluding carboxylic acids is 1. The Labute approximate surface area is 100 Å². The monoisotopic (exact) mass is 238 g/mol. The Balaban J connectivity index is 1.85. The Morgan fingerprint density at radius 3 is 2.94 bits per heavy atom. The smallest absolute Gasteiger partial charge is 0.164 e. The van der Waals surface area contributed by atoms with Crippen molar-refractivity contribution < 1.29 is 4.79 Å². The predicted octanol–water partition coefficient (Wildman–Crippen LogP) is 3.26. The van der Waals surface area contributed by atoms with E-state index in [1.165, 1.54) is 37.2 Å². The maximum atomic E-state index is 11.4. The summed E-state index contributed by atoms with van der Waals surface area (Å²) in [7, 11) is 0. The van der Waals surface area contributed by atoms with Crippen molar-refractivity contribution in [1.82, 2.24) is 4.37 Å². The summed E-state index contributed by atoms with van der Waals surface area (Å²) in [5, 5.41) is 4.28. The number of aromatic nitrogens is 1. The van der Waals surface area contributed by atoms with Crippen LogP contribution in [0.1, 0.15) is 48.7 Å². The van der Waals surface area contributed by atoms with Crippen LogP contribution in [0, 0.1) is 12.8 Å². The highest BCUT2D eigenvalue weighted by Gasteiger charge is 2.20. The molecule has 1 aromatic rings. The second-order valence-corrected chi connectivity index (χ2v) is 5.31. The van der Waals surface area contributed by atoms with E-state index in [2.05, 4.69) is 9.69 Å². The Morgan fingerprint density at radius 2 is 2.31 bits per heavy atom. The third-order valence-electron chi connectivity index (χ3n) is 2.99. The molecular weight excluding hydrogens is 220 g/mol. The molecule has 0 amide bonds. The number of Topliss-reactive ketones (excluding diaryl/α,β-unsaturated/α-hetero) is 1. The average Bonchev–Trinajstić information content (AvgIpc) is 2.97. The lowest BCUT2D eigenvalue weighted by Gasteiger charge is -2.04. The predicted molar refractivity (Wildman–Crippen MR) is 67.3 cm³/mol. The number of nitrogens with one attached hydrogen (secondary N) is 1. The fourth-order valence-electron chi connectivity index (χ4n) is 1.90. The Bertz CT molecular complexity index is 382. The highest BCUT2D eigenvalue weighted by Crippen LogP contribution is 2.33. The van der Waals surface area contributed by atoms with Gasteiger partial charge in [-0.3, -0.25) is 4.79 Å². The SMILES string of the molecule is CC(=O)c1c(C)nsc1NCCCC1CC1. The number of nitrogens with zero attached hydrogens (tertiary/aromatic N) is 1. The third kappa shape index (κ3) is 2.82. The zero-order chi connectivity index (χ0) is 11.5. The molecule has 0 saturated heterocycles. The van der Waals surface area contributed by atoms with Gasteiger partial charge in [-0.2, -0.15) is 4.37 Å². The fourth-order valence-corrected chi connectivity index (χ4v) is 2.77. The molecule has 1 N–H and O–H groups in total. The number of rotatable bonds is 6. The van der Waals surface area contributed by atoms with Gasteiger partial charge in [0.25, 0.3) is 0 Å². The van der Waals surface area contributed by atoms with Crippen LogP contribution >= 0.6 is 11.5 Å². The second-order valence-electron chi connectivity index (χ2n) is 4.54. The zero-order valence-electron chi connectivity index (χ0n) is 9.88. The summed E-state index contributed by atoms with van der Waals surface area (Å²) in [6.07, 6.45) is 5.34. The maximum absolute atomic E-state index is 11.4. The molecule has 3 nitrogen and oxygen atoms in total. The van der Waals surface area contributed by atoms with Crippen molar-refractivity contribution >= 4 is 22.3 Å². The molecular formula is C12H18N2OS. The van der Waals surface area contributed by atoms with Gasteiger partial charge >= 0.3 is 0 Å². The standard InChI is InChI=1S/C12H18N2OS/c1-8-11(9(2)15)12(16-14-8)13-7-3-4-10-5-6-10/h10,13H,3-7H2,1-2H3. The number of carbonyl (C=O) groups is 1. The van der Waals surface area contributed by atoms with Crippen molar-refractivity contribution in [3.05, 3.63) is 11.3 Å². The van der Waals surface area contributed by atoms with E-state index in [0.717, 1.165) is 28.7 Å². The van der Waals surface area contributed by atoms with E-state index < -0.39 is 0 Å². The van der Waals surface area contributed by atoms with Gasteiger partial charge in [-0.05, 0) is 44.1 Å². The lowest BCUT2D eigenvalue weighted by Crippen LogP contribution is -2.04. The molecule has 16 heavy (non-hydrogen) atoms. The second kappa shape index (κ2) is 4.95. The lowest BCUT2D eigenvalue weighted by molar-refractivity contribution is 0.101. The average molecular weight is 238 g/mol. The van der Waals surface area contributed by atoms with Crippen LogP contribution in [0.15, 0.2) is 0 Å². The topological polar surface area (TPSA) is 42.0 Å². The van der Waals surface area contributed by atoms with Crippen molar-refractivity contribution in [2.75, 3.05) is 11.9 Å². The van der Waals surface area contributed by atoms with Gasteiger partial charge in [-0.1, -0.05) is 12.8 Å². The van der Waals surface area contributed by atoms with Gasteiger partial charge in [0.2, 0.25) is 0 Å². The van der Waals surface area contributed by atoms with Crippen molar-refractivity contribution in [1.29, 1.82) is 0 Å². The number of aryl methyl sites for hydroxylation is 1. The molecule has 4 heteroatoms. The van der Waals surface area contributed by atoms with Crippen LogP contribution in [0.2, 0.25) is 0 Å². The molecule has 1 aliphatic carbocycles. The van der Waals surface area contributed by atoms with Gasteiger partial charge in [0.1, 0.15) is 5.00 Å². The molecule has 0 spiro atoms. The van der Waals surface area contributed by atoms with E-state index in [-0.39, 0.29) is 5.78 Å². The molecule has 1 heterocycles. The number of ketones is 1. The van der Waals surface area contributed by atoms with Crippen LogP contribution in [-0.2, 0) is 0 Å².